The third kappa shape index (κ3) is 4.71. The summed E-state index contributed by atoms with van der Waals surface area (Å²) in [6.45, 7) is -2.89. The maximum absolute atomic E-state index is 13.1. The maximum Gasteiger partial charge on any atom is 0.387 e. The van der Waals surface area contributed by atoms with Gasteiger partial charge < -0.3 is 19.9 Å². The molecule has 0 spiro atoms. The number of carboxylic acids is 1. The van der Waals surface area contributed by atoms with Crippen LogP contribution >= 0.6 is 11.6 Å². The number of ether oxygens (including phenoxy) is 2. The van der Waals surface area contributed by atoms with E-state index in [-0.39, 0.29) is 23.7 Å². The highest BCUT2D eigenvalue weighted by Crippen LogP contribution is 2.38. The van der Waals surface area contributed by atoms with Gasteiger partial charge in [-0.1, -0.05) is 48.0 Å². The number of amides is 1. The van der Waals surface area contributed by atoms with Gasteiger partial charge in [0.05, 0.1) is 5.56 Å². The van der Waals surface area contributed by atoms with Gasteiger partial charge in [-0.2, -0.15) is 8.78 Å². The molecule has 33 heavy (non-hydrogen) atoms. The van der Waals surface area contributed by atoms with E-state index >= 15 is 0 Å². The minimum absolute atomic E-state index is 0.0187. The molecule has 0 saturated heterocycles. The molecule has 0 bridgehead atoms. The van der Waals surface area contributed by atoms with Crippen LogP contribution in [-0.4, -0.2) is 29.1 Å². The lowest BCUT2D eigenvalue weighted by atomic mass is 9.76. The van der Waals surface area contributed by atoms with E-state index < -0.39 is 24.0 Å². The number of aliphatic carboxylic acids is 1. The zero-order chi connectivity index (χ0) is 23.6. The van der Waals surface area contributed by atoms with Crippen molar-refractivity contribution in [3.05, 3.63) is 70.7 Å². The van der Waals surface area contributed by atoms with E-state index in [9.17, 15) is 23.5 Å². The Hall–Kier alpha value is -3.39. The number of benzene rings is 3. The Morgan fingerprint density at radius 3 is 2.33 bits per heavy atom. The second-order valence-corrected chi connectivity index (χ2v) is 8.19. The third-order valence-electron chi connectivity index (χ3n) is 5.69. The monoisotopic (exact) mass is 475 g/mol. The van der Waals surface area contributed by atoms with Gasteiger partial charge in [0.25, 0.3) is 5.91 Å². The molecule has 3 aromatic rings. The Bertz CT molecular complexity index is 1200. The van der Waals surface area contributed by atoms with Crippen molar-refractivity contribution >= 4 is 34.2 Å². The van der Waals surface area contributed by atoms with Crippen LogP contribution in [0.25, 0.3) is 10.8 Å². The number of hydrogen-bond donors (Lipinski definition) is 2. The minimum atomic E-state index is -2.92. The average Bonchev–Trinajstić information content (AvgIpc) is 2.76. The SMILES string of the molecule is O=C(NC1(C(=O)O)CCC1)c1cc(Cl)c2ccccc2c1OCc1ccc(OC(F)F)cc1. The topological polar surface area (TPSA) is 84.9 Å². The van der Waals surface area contributed by atoms with E-state index in [1.807, 2.05) is 0 Å². The van der Waals surface area contributed by atoms with E-state index in [0.717, 1.165) is 0 Å². The molecule has 1 saturated carbocycles. The van der Waals surface area contributed by atoms with Crippen molar-refractivity contribution in [1.29, 1.82) is 0 Å². The number of carboxylic acid groups (broad SMARTS) is 1. The van der Waals surface area contributed by atoms with Crippen molar-refractivity contribution in [3.63, 3.8) is 0 Å². The summed E-state index contributed by atoms with van der Waals surface area (Å²) < 4.78 is 35.1. The number of rotatable bonds is 8. The molecule has 1 fully saturated rings. The summed E-state index contributed by atoms with van der Waals surface area (Å²) in [6, 6.07) is 14.5. The number of hydrogen-bond acceptors (Lipinski definition) is 4. The molecule has 0 unspecified atom stereocenters. The zero-order valence-electron chi connectivity index (χ0n) is 17.3. The van der Waals surface area contributed by atoms with Crippen molar-refractivity contribution in [2.75, 3.05) is 0 Å². The van der Waals surface area contributed by atoms with Gasteiger partial charge in [-0.3, -0.25) is 4.79 Å². The predicted molar refractivity (Wildman–Crippen MR) is 118 cm³/mol. The molecule has 0 aliphatic heterocycles. The molecular weight excluding hydrogens is 456 g/mol. The molecule has 1 amide bonds. The van der Waals surface area contributed by atoms with Gasteiger partial charge in [0, 0.05) is 15.8 Å². The first-order chi connectivity index (χ1) is 15.8. The highest BCUT2D eigenvalue weighted by atomic mass is 35.5. The molecule has 172 valence electrons. The molecule has 1 aliphatic rings. The van der Waals surface area contributed by atoms with Crippen molar-refractivity contribution < 1.29 is 33.0 Å². The van der Waals surface area contributed by atoms with Crippen LogP contribution in [0.2, 0.25) is 5.02 Å². The molecule has 0 aromatic heterocycles. The van der Waals surface area contributed by atoms with Crippen LogP contribution in [-0.2, 0) is 11.4 Å². The standard InChI is InChI=1S/C24H20ClF2NO5/c25-19-12-18(21(29)28-24(22(30)31)10-3-11-24)20(17-5-2-1-4-16(17)19)32-13-14-6-8-15(9-7-14)33-23(26)27/h1-2,4-9,12,23H,3,10-11,13H2,(H,28,29)(H,30,31). The third-order valence-corrected chi connectivity index (χ3v) is 6.00. The normalized spacial score (nSPS) is 14.5. The van der Waals surface area contributed by atoms with Crippen LogP contribution in [0.1, 0.15) is 35.2 Å². The van der Waals surface area contributed by atoms with Crippen LogP contribution in [0.3, 0.4) is 0 Å². The van der Waals surface area contributed by atoms with Crippen LogP contribution in [0, 0.1) is 0 Å². The second kappa shape index (κ2) is 9.23. The molecule has 4 rings (SSSR count). The van der Waals surface area contributed by atoms with Gasteiger partial charge in [0.15, 0.2) is 0 Å². The molecule has 2 N–H and O–H groups in total. The van der Waals surface area contributed by atoms with Crippen LogP contribution in [0.15, 0.2) is 54.6 Å². The first-order valence-corrected chi connectivity index (χ1v) is 10.6. The summed E-state index contributed by atoms with van der Waals surface area (Å²) in [4.78, 5) is 24.8. The molecule has 0 heterocycles. The van der Waals surface area contributed by atoms with Gasteiger partial charge in [-0.25, -0.2) is 4.79 Å². The molecule has 0 atom stereocenters. The van der Waals surface area contributed by atoms with Crippen molar-refractivity contribution in [3.8, 4) is 11.5 Å². The minimum Gasteiger partial charge on any atom is -0.487 e. The largest absolute Gasteiger partial charge is 0.487 e. The Balaban J connectivity index is 1.65. The lowest BCUT2D eigenvalue weighted by Crippen LogP contribution is -2.59. The first kappa shape index (κ1) is 22.8. The van der Waals surface area contributed by atoms with Gasteiger partial charge in [-0.15, -0.1) is 0 Å². The first-order valence-electron chi connectivity index (χ1n) is 10.2. The molecule has 0 radical (unpaired) electrons. The van der Waals surface area contributed by atoms with E-state index in [1.165, 1.54) is 18.2 Å². The summed E-state index contributed by atoms with van der Waals surface area (Å²) in [5.74, 6) is -1.41. The summed E-state index contributed by atoms with van der Waals surface area (Å²) in [7, 11) is 0. The quantitative estimate of drug-likeness (QED) is 0.455. The van der Waals surface area contributed by atoms with Crippen molar-refractivity contribution in [2.24, 2.45) is 0 Å². The number of nitrogens with one attached hydrogen (secondary N) is 1. The highest BCUT2D eigenvalue weighted by molar-refractivity contribution is 6.36. The van der Waals surface area contributed by atoms with Gasteiger partial charge >= 0.3 is 12.6 Å². The van der Waals surface area contributed by atoms with Gasteiger partial charge in [0.2, 0.25) is 0 Å². The Labute approximate surface area is 193 Å². The van der Waals surface area contributed by atoms with Crippen molar-refractivity contribution in [1.82, 2.24) is 5.32 Å². The lowest BCUT2D eigenvalue weighted by Gasteiger charge is -2.38. The number of carbonyl (C=O) groups excluding carboxylic acids is 1. The predicted octanol–water partition coefficient (Wildman–Crippen LogP) is 5.41. The van der Waals surface area contributed by atoms with E-state index in [0.29, 0.717) is 40.6 Å². The van der Waals surface area contributed by atoms with E-state index in [1.54, 1.807) is 36.4 Å². The lowest BCUT2D eigenvalue weighted by molar-refractivity contribution is -0.148. The zero-order valence-corrected chi connectivity index (χ0v) is 18.1. The van der Waals surface area contributed by atoms with Crippen LogP contribution in [0.5, 0.6) is 11.5 Å². The molecule has 9 heteroatoms. The van der Waals surface area contributed by atoms with Crippen LogP contribution in [0.4, 0.5) is 8.78 Å². The van der Waals surface area contributed by atoms with Gasteiger partial charge in [0.1, 0.15) is 23.6 Å². The second-order valence-electron chi connectivity index (χ2n) is 7.79. The molecule has 3 aromatic carbocycles. The summed E-state index contributed by atoms with van der Waals surface area (Å²) in [6.07, 6.45) is 1.40. The molecule has 6 nitrogen and oxygen atoms in total. The smallest absolute Gasteiger partial charge is 0.387 e. The Kier molecular flexibility index (Phi) is 6.37. The summed E-state index contributed by atoms with van der Waals surface area (Å²) in [5, 5.41) is 13.8. The van der Waals surface area contributed by atoms with E-state index in [4.69, 9.17) is 16.3 Å². The number of carbonyl (C=O) groups is 2. The Morgan fingerprint density at radius 1 is 1.09 bits per heavy atom. The highest BCUT2D eigenvalue weighted by Gasteiger charge is 2.46. The number of halogens is 3. The number of fused-ring (bicyclic) bond motifs is 1. The maximum atomic E-state index is 13.1. The average molecular weight is 476 g/mol. The summed E-state index contributed by atoms with van der Waals surface area (Å²) >= 11 is 6.41. The molecular formula is C24H20ClF2NO5. The van der Waals surface area contributed by atoms with Gasteiger partial charge in [-0.05, 0) is 43.0 Å². The Morgan fingerprint density at radius 2 is 1.76 bits per heavy atom. The fourth-order valence-corrected chi connectivity index (χ4v) is 4.03. The van der Waals surface area contributed by atoms with E-state index in [2.05, 4.69) is 10.1 Å². The number of alkyl halides is 2. The fourth-order valence-electron chi connectivity index (χ4n) is 3.76. The van der Waals surface area contributed by atoms with Crippen molar-refractivity contribution in [2.45, 2.75) is 38.0 Å². The fraction of sp³-hybridized carbons (Fsp3) is 0.250. The van der Waals surface area contributed by atoms with Crippen LogP contribution < -0.4 is 14.8 Å². The molecule has 1 aliphatic carbocycles. The summed E-state index contributed by atoms with van der Waals surface area (Å²) in [5.41, 5.74) is -0.528.